The van der Waals surface area contributed by atoms with Gasteiger partial charge in [0.1, 0.15) is 0 Å². The zero-order chi connectivity index (χ0) is 13.4. The molecule has 0 unspecified atom stereocenters. The minimum absolute atomic E-state index is 0.839. The van der Waals surface area contributed by atoms with E-state index in [1.165, 1.54) is 60.3 Å². The van der Waals surface area contributed by atoms with Crippen molar-refractivity contribution in [3.8, 4) is 0 Å². The van der Waals surface area contributed by atoms with Crippen LogP contribution in [0.15, 0.2) is 8.95 Å². The third kappa shape index (κ3) is 1.48. The number of halogens is 2. The van der Waals surface area contributed by atoms with Gasteiger partial charge in [-0.05, 0) is 129 Å². The number of rotatable bonds is 0. The van der Waals surface area contributed by atoms with E-state index < -0.39 is 0 Å². The van der Waals surface area contributed by atoms with E-state index in [9.17, 15) is 0 Å². The van der Waals surface area contributed by atoms with Crippen LogP contribution in [0.25, 0.3) is 0 Å². The van der Waals surface area contributed by atoms with Crippen LogP contribution in [0.1, 0.15) is 97.3 Å². The summed E-state index contributed by atoms with van der Waals surface area (Å²) in [6.07, 6.45) is 11.5. The number of hydrogen-bond acceptors (Lipinski definition) is 0. The van der Waals surface area contributed by atoms with Gasteiger partial charge in [0.05, 0.1) is 0 Å². The third-order valence-corrected chi connectivity index (χ3v) is 8.80. The van der Waals surface area contributed by atoms with Gasteiger partial charge in [-0.15, -0.1) is 0 Å². The van der Waals surface area contributed by atoms with Gasteiger partial charge in [-0.25, -0.2) is 0 Å². The summed E-state index contributed by atoms with van der Waals surface area (Å²) in [5, 5.41) is 0. The Labute approximate surface area is 138 Å². The molecule has 7 rings (SSSR count). The van der Waals surface area contributed by atoms with E-state index in [0.29, 0.717) is 0 Å². The Kier molecular flexibility index (Phi) is 2.76. The monoisotopic (exact) mass is 394 g/mol. The van der Waals surface area contributed by atoms with E-state index in [4.69, 9.17) is 0 Å². The molecule has 0 radical (unpaired) electrons. The topological polar surface area (TPSA) is 0 Å². The molecule has 2 saturated carbocycles. The summed E-state index contributed by atoms with van der Waals surface area (Å²) in [7, 11) is 0. The molecule has 0 heterocycles. The molecule has 4 bridgehead atoms. The Morgan fingerprint density at radius 1 is 0.450 bits per heavy atom. The average Bonchev–Trinajstić information content (AvgIpc) is 2.53. The Morgan fingerprint density at radius 3 is 1.00 bits per heavy atom. The van der Waals surface area contributed by atoms with Crippen LogP contribution in [0, 0.1) is 0 Å². The summed E-state index contributed by atoms with van der Waals surface area (Å²) in [6, 6.07) is 0. The van der Waals surface area contributed by atoms with Crippen LogP contribution >= 0.6 is 31.9 Å². The zero-order valence-electron chi connectivity index (χ0n) is 11.7. The predicted octanol–water partition coefficient (Wildman–Crippen LogP) is 6.72. The first-order valence-corrected chi connectivity index (χ1v) is 9.88. The van der Waals surface area contributed by atoms with E-state index in [1.807, 2.05) is 11.1 Å². The molecule has 1 aromatic rings. The largest absolute Gasteiger partial charge is 0.0493 e. The maximum atomic E-state index is 3.97. The second kappa shape index (κ2) is 4.35. The van der Waals surface area contributed by atoms with Crippen LogP contribution in [0.5, 0.6) is 0 Å². The molecule has 0 spiro atoms. The van der Waals surface area contributed by atoms with Gasteiger partial charge in [0.2, 0.25) is 0 Å². The summed E-state index contributed by atoms with van der Waals surface area (Å²) in [6.45, 7) is 0. The summed E-state index contributed by atoms with van der Waals surface area (Å²) < 4.78 is 2.85. The third-order valence-electron chi connectivity index (χ3n) is 6.62. The standard InChI is InChI=1S/C18H20Br2/c19-17-15-11-5-1-9(2-6-11)13(15)14-10-3-7-12(8-4-10)16(14)18(17)20/h9-12H,1-8H2. The molecule has 0 amide bonds. The lowest BCUT2D eigenvalue weighted by atomic mass is 9.59. The molecule has 2 heteroatoms. The van der Waals surface area contributed by atoms with Crippen LogP contribution in [-0.2, 0) is 0 Å². The van der Waals surface area contributed by atoms with E-state index >= 15 is 0 Å². The second-order valence-corrected chi connectivity index (χ2v) is 8.97. The predicted molar refractivity (Wildman–Crippen MR) is 89.7 cm³/mol. The first-order chi connectivity index (χ1) is 9.75. The number of benzene rings is 1. The van der Waals surface area contributed by atoms with Crippen LogP contribution in [0.2, 0.25) is 0 Å². The van der Waals surface area contributed by atoms with Crippen LogP contribution < -0.4 is 0 Å². The Bertz CT molecular complexity index is 535. The Morgan fingerprint density at radius 2 is 0.700 bits per heavy atom. The van der Waals surface area contributed by atoms with Crippen LogP contribution in [0.3, 0.4) is 0 Å². The van der Waals surface area contributed by atoms with Crippen LogP contribution in [-0.4, -0.2) is 0 Å². The first-order valence-electron chi connectivity index (χ1n) is 8.30. The second-order valence-electron chi connectivity index (χ2n) is 7.38. The van der Waals surface area contributed by atoms with Gasteiger partial charge in [0.25, 0.3) is 0 Å². The van der Waals surface area contributed by atoms with Gasteiger partial charge in [-0.1, -0.05) is 0 Å². The summed E-state index contributed by atoms with van der Waals surface area (Å²) >= 11 is 7.94. The van der Waals surface area contributed by atoms with Crippen molar-refractivity contribution in [1.82, 2.24) is 0 Å². The number of fused-ring (bicyclic) bond motifs is 4. The molecule has 106 valence electrons. The quantitative estimate of drug-likeness (QED) is 0.457. The Balaban J connectivity index is 1.87. The zero-order valence-corrected chi connectivity index (χ0v) is 14.9. The first kappa shape index (κ1) is 12.7. The minimum Gasteiger partial charge on any atom is -0.0493 e. The molecule has 0 aliphatic heterocycles. The fraction of sp³-hybridized carbons (Fsp3) is 0.667. The summed E-state index contributed by atoms with van der Waals surface area (Å²) in [5.41, 5.74) is 7.08. The maximum absolute atomic E-state index is 3.97. The molecule has 6 aliphatic carbocycles. The highest BCUT2D eigenvalue weighted by atomic mass is 79.9. The maximum Gasteiger partial charge on any atom is 0.0358 e. The number of hydrogen-bond donors (Lipinski definition) is 0. The average molecular weight is 396 g/mol. The lowest BCUT2D eigenvalue weighted by Gasteiger charge is -2.47. The van der Waals surface area contributed by atoms with Crippen molar-refractivity contribution in [1.29, 1.82) is 0 Å². The molecule has 1 aromatic carbocycles. The molecule has 20 heavy (non-hydrogen) atoms. The fourth-order valence-electron chi connectivity index (χ4n) is 5.78. The van der Waals surface area contributed by atoms with Gasteiger partial charge in [-0.3, -0.25) is 0 Å². The van der Waals surface area contributed by atoms with E-state index in [-0.39, 0.29) is 0 Å². The highest BCUT2D eigenvalue weighted by Gasteiger charge is 2.44. The Hall–Kier alpha value is 0.180. The lowest BCUT2D eigenvalue weighted by Crippen LogP contribution is -2.30. The molecular formula is C18H20Br2. The minimum atomic E-state index is 0.839. The molecule has 0 N–H and O–H groups in total. The van der Waals surface area contributed by atoms with Crippen molar-refractivity contribution >= 4 is 31.9 Å². The highest BCUT2D eigenvalue weighted by molar-refractivity contribution is 9.13. The van der Waals surface area contributed by atoms with Gasteiger partial charge in [-0.2, -0.15) is 0 Å². The van der Waals surface area contributed by atoms with Crippen molar-refractivity contribution < 1.29 is 0 Å². The van der Waals surface area contributed by atoms with Crippen LogP contribution in [0.4, 0.5) is 0 Å². The SMILES string of the molecule is Brc1c(Br)c2c(c3c1C1CCC3CC1)C1CCC2CC1. The molecular weight excluding hydrogens is 376 g/mol. The molecule has 6 aliphatic rings. The van der Waals surface area contributed by atoms with Gasteiger partial charge < -0.3 is 0 Å². The molecule has 0 saturated heterocycles. The molecule has 0 aromatic heterocycles. The summed E-state index contributed by atoms with van der Waals surface area (Å²) in [4.78, 5) is 0. The van der Waals surface area contributed by atoms with Crippen molar-refractivity contribution in [3.05, 3.63) is 31.2 Å². The lowest BCUT2D eigenvalue weighted by molar-refractivity contribution is 0.324. The highest BCUT2D eigenvalue weighted by Crippen LogP contribution is 2.61. The normalized spacial score (nSPS) is 36.9. The summed E-state index contributed by atoms with van der Waals surface area (Å²) in [5.74, 6) is 3.44. The van der Waals surface area contributed by atoms with E-state index in [0.717, 1.165) is 23.7 Å². The van der Waals surface area contributed by atoms with Gasteiger partial charge in [0, 0.05) is 8.95 Å². The van der Waals surface area contributed by atoms with Crippen molar-refractivity contribution in [2.75, 3.05) is 0 Å². The van der Waals surface area contributed by atoms with E-state index in [1.54, 1.807) is 11.1 Å². The van der Waals surface area contributed by atoms with Crippen molar-refractivity contribution in [2.24, 2.45) is 0 Å². The molecule has 0 nitrogen and oxygen atoms in total. The van der Waals surface area contributed by atoms with E-state index in [2.05, 4.69) is 31.9 Å². The smallest absolute Gasteiger partial charge is 0.0358 e. The van der Waals surface area contributed by atoms with Crippen molar-refractivity contribution in [2.45, 2.75) is 75.0 Å². The van der Waals surface area contributed by atoms with Gasteiger partial charge in [0.15, 0.2) is 0 Å². The molecule has 0 atom stereocenters. The van der Waals surface area contributed by atoms with Crippen molar-refractivity contribution in [3.63, 3.8) is 0 Å². The van der Waals surface area contributed by atoms with Gasteiger partial charge >= 0.3 is 0 Å². The fourth-order valence-corrected chi connectivity index (χ4v) is 7.28. The molecule has 2 fully saturated rings.